The number of rotatable bonds is 5. The molecule has 0 fully saturated rings. The number of para-hydroxylation sites is 1. The van der Waals surface area contributed by atoms with E-state index in [9.17, 15) is 13.2 Å². The minimum absolute atomic E-state index is 0.0110. The van der Waals surface area contributed by atoms with E-state index >= 15 is 0 Å². The van der Waals surface area contributed by atoms with Crippen LogP contribution in [-0.4, -0.2) is 36.6 Å². The second kappa shape index (κ2) is 9.39. The summed E-state index contributed by atoms with van der Waals surface area (Å²) in [5.74, 6) is 4.97. The molecule has 0 saturated heterocycles. The van der Waals surface area contributed by atoms with E-state index in [1.54, 1.807) is 42.5 Å². The quantitative estimate of drug-likeness (QED) is 0.400. The summed E-state index contributed by atoms with van der Waals surface area (Å²) < 4.78 is 34.4. The molecule has 0 spiro atoms. The summed E-state index contributed by atoms with van der Waals surface area (Å²) in [7, 11) is -2.53. The third-order valence-corrected chi connectivity index (χ3v) is 6.49. The number of ether oxygens (including phenoxy) is 1. The number of aromatic nitrogens is 2. The molecule has 2 aromatic heterocycles. The second-order valence-electron chi connectivity index (χ2n) is 6.92. The van der Waals surface area contributed by atoms with Crippen LogP contribution in [-0.2, 0) is 10.0 Å². The van der Waals surface area contributed by atoms with Crippen molar-refractivity contribution in [3.8, 4) is 17.6 Å². The number of sulfonamides is 1. The number of fused-ring (bicyclic) bond motifs is 1. The Labute approximate surface area is 200 Å². The first-order chi connectivity index (χ1) is 16.3. The van der Waals surface area contributed by atoms with Gasteiger partial charge in [0.05, 0.1) is 28.9 Å². The SMILES string of the molecule is COc1ccc(S(=O)(=O)Nc2ccccc2C#Cc2cnc(C(=O)O)cc2Cl)c2ncccc12. The van der Waals surface area contributed by atoms with E-state index in [2.05, 4.69) is 26.5 Å². The highest BCUT2D eigenvalue weighted by Gasteiger charge is 2.21. The molecule has 2 aromatic carbocycles. The van der Waals surface area contributed by atoms with Crippen LogP contribution in [0.15, 0.2) is 71.9 Å². The number of benzene rings is 2. The van der Waals surface area contributed by atoms with Crippen molar-refractivity contribution in [3.05, 3.63) is 88.8 Å². The lowest BCUT2D eigenvalue weighted by atomic mass is 10.1. The molecule has 0 unspecified atom stereocenters. The predicted octanol–water partition coefficient (Wildman–Crippen LogP) is 4.19. The fourth-order valence-corrected chi connectivity index (χ4v) is 4.61. The molecule has 0 amide bonds. The van der Waals surface area contributed by atoms with E-state index < -0.39 is 16.0 Å². The normalized spacial score (nSPS) is 10.9. The highest BCUT2D eigenvalue weighted by atomic mass is 35.5. The molecular weight excluding hydrogens is 478 g/mol. The third kappa shape index (κ3) is 4.64. The molecular formula is C24H16ClN3O5S. The van der Waals surface area contributed by atoms with E-state index in [4.69, 9.17) is 21.4 Å². The van der Waals surface area contributed by atoms with Gasteiger partial charge in [0.25, 0.3) is 10.0 Å². The summed E-state index contributed by atoms with van der Waals surface area (Å²) in [5.41, 5.74) is 1.00. The molecule has 0 atom stereocenters. The topological polar surface area (TPSA) is 118 Å². The Morgan fingerprint density at radius 2 is 1.82 bits per heavy atom. The molecule has 0 aliphatic carbocycles. The van der Waals surface area contributed by atoms with E-state index in [0.29, 0.717) is 22.3 Å². The highest BCUT2D eigenvalue weighted by molar-refractivity contribution is 7.93. The molecule has 170 valence electrons. The Morgan fingerprint density at radius 3 is 2.56 bits per heavy atom. The van der Waals surface area contributed by atoms with Gasteiger partial charge in [-0.15, -0.1) is 0 Å². The van der Waals surface area contributed by atoms with Crippen molar-refractivity contribution in [2.45, 2.75) is 4.90 Å². The van der Waals surface area contributed by atoms with Gasteiger partial charge in [0.15, 0.2) is 0 Å². The standard InChI is InChI=1S/C24H16ClN3O5S/c1-33-21-10-11-22(23-17(21)6-4-12-26-23)34(31,32)28-19-7-3-2-5-15(19)8-9-16-14-27-20(24(29)30)13-18(16)25/h2-7,10-14,28H,1H3,(H,29,30). The van der Waals surface area contributed by atoms with Gasteiger partial charge in [-0.05, 0) is 42.5 Å². The number of carbonyl (C=O) groups is 1. The Hall–Kier alpha value is -4.13. The number of nitrogens with one attached hydrogen (secondary N) is 1. The second-order valence-corrected chi connectivity index (χ2v) is 8.98. The van der Waals surface area contributed by atoms with Crippen molar-refractivity contribution >= 4 is 44.2 Å². The fraction of sp³-hybridized carbons (Fsp3) is 0.0417. The van der Waals surface area contributed by atoms with Crippen LogP contribution in [0.5, 0.6) is 5.75 Å². The van der Waals surface area contributed by atoms with Gasteiger partial charge in [-0.25, -0.2) is 18.2 Å². The third-order valence-electron chi connectivity index (χ3n) is 4.78. The summed E-state index contributed by atoms with van der Waals surface area (Å²) in [4.78, 5) is 19.0. The maximum Gasteiger partial charge on any atom is 0.354 e. The largest absolute Gasteiger partial charge is 0.496 e. The maximum absolute atomic E-state index is 13.3. The minimum Gasteiger partial charge on any atom is -0.496 e. The minimum atomic E-state index is -4.03. The Bertz CT molecular complexity index is 1590. The summed E-state index contributed by atoms with van der Waals surface area (Å²) >= 11 is 6.11. The zero-order valence-electron chi connectivity index (χ0n) is 17.6. The first-order valence-corrected chi connectivity index (χ1v) is 11.6. The van der Waals surface area contributed by atoms with E-state index in [-0.39, 0.29) is 26.8 Å². The van der Waals surface area contributed by atoms with Crippen molar-refractivity contribution in [2.75, 3.05) is 11.8 Å². The van der Waals surface area contributed by atoms with E-state index in [1.165, 1.54) is 31.6 Å². The number of carboxylic acid groups (broad SMARTS) is 1. The van der Waals surface area contributed by atoms with Crippen LogP contribution in [0.3, 0.4) is 0 Å². The van der Waals surface area contributed by atoms with Crippen molar-refractivity contribution < 1.29 is 23.1 Å². The smallest absolute Gasteiger partial charge is 0.354 e. The molecule has 0 radical (unpaired) electrons. The molecule has 4 rings (SSSR count). The van der Waals surface area contributed by atoms with E-state index in [1.807, 2.05) is 0 Å². The van der Waals surface area contributed by atoms with Gasteiger partial charge >= 0.3 is 5.97 Å². The molecule has 8 nitrogen and oxygen atoms in total. The van der Waals surface area contributed by atoms with Crippen molar-refractivity contribution in [3.63, 3.8) is 0 Å². The maximum atomic E-state index is 13.3. The van der Waals surface area contributed by atoms with Crippen LogP contribution < -0.4 is 9.46 Å². The first kappa shape index (κ1) is 23.0. The van der Waals surface area contributed by atoms with Crippen LogP contribution >= 0.6 is 11.6 Å². The van der Waals surface area contributed by atoms with Gasteiger partial charge in [-0.1, -0.05) is 35.6 Å². The monoisotopic (exact) mass is 493 g/mol. The fourth-order valence-electron chi connectivity index (χ4n) is 3.17. The number of pyridine rings is 2. The number of halogens is 1. The number of anilines is 1. The summed E-state index contributed by atoms with van der Waals surface area (Å²) in [6.07, 6.45) is 2.76. The lowest BCUT2D eigenvalue weighted by Gasteiger charge is -2.13. The number of hydrogen-bond donors (Lipinski definition) is 2. The number of aromatic carboxylic acids is 1. The van der Waals surface area contributed by atoms with Crippen LogP contribution in [0.1, 0.15) is 21.6 Å². The predicted molar refractivity (Wildman–Crippen MR) is 128 cm³/mol. The number of hydrogen-bond acceptors (Lipinski definition) is 6. The van der Waals surface area contributed by atoms with Crippen LogP contribution in [0, 0.1) is 11.8 Å². The van der Waals surface area contributed by atoms with Gasteiger partial charge < -0.3 is 9.84 Å². The summed E-state index contributed by atoms with van der Waals surface area (Å²) in [6.45, 7) is 0. The lowest BCUT2D eigenvalue weighted by molar-refractivity contribution is 0.0690. The Kier molecular flexibility index (Phi) is 6.36. The molecule has 2 heterocycles. The van der Waals surface area contributed by atoms with E-state index in [0.717, 1.165) is 0 Å². The molecule has 2 N–H and O–H groups in total. The molecule has 0 aliphatic rings. The average molecular weight is 494 g/mol. The summed E-state index contributed by atoms with van der Waals surface area (Å²) in [5, 5.41) is 9.69. The zero-order chi connectivity index (χ0) is 24.3. The van der Waals surface area contributed by atoms with Gasteiger partial charge in [-0.3, -0.25) is 9.71 Å². The molecule has 0 saturated carbocycles. The number of nitrogens with zero attached hydrogens (tertiary/aromatic N) is 2. The van der Waals surface area contributed by atoms with Gasteiger partial charge in [0.1, 0.15) is 16.3 Å². The first-order valence-electron chi connectivity index (χ1n) is 9.74. The van der Waals surface area contributed by atoms with Crippen LogP contribution in [0.25, 0.3) is 10.9 Å². The summed E-state index contributed by atoms with van der Waals surface area (Å²) in [6, 6.07) is 14.2. The Balaban J connectivity index is 1.71. The van der Waals surface area contributed by atoms with Crippen molar-refractivity contribution in [2.24, 2.45) is 0 Å². The van der Waals surface area contributed by atoms with Crippen LogP contribution in [0.2, 0.25) is 5.02 Å². The number of methoxy groups -OCH3 is 1. The van der Waals surface area contributed by atoms with Gasteiger partial charge in [0.2, 0.25) is 0 Å². The van der Waals surface area contributed by atoms with Crippen LogP contribution in [0.4, 0.5) is 5.69 Å². The average Bonchev–Trinajstić information content (AvgIpc) is 2.83. The number of carboxylic acids is 1. The van der Waals surface area contributed by atoms with Crippen molar-refractivity contribution in [1.29, 1.82) is 0 Å². The Morgan fingerprint density at radius 1 is 1.06 bits per heavy atom. The molecule has 10 heteroatoms. The molecule has 0 aliphatic heterocycles. The van der Waals surface area contributed by atoms with Gasteiger partial charge in [-0.2, -0.15) is 0 Å². The highest BCUT2D eigenvalue weighted by Crippen LogP contribution is 2.30. The molecule has 4 aromatic rings. The molecule has 0 bridgehead atoms. The van der Waals surface area contributed by atoms with Crippen molar-refractivity contribution in [1.82, 2.24) is 9.97 Å². The zero-order valence-corrected chi connectivity index (χ0v) is 19.2. The van der Waals surface area contributed by atoms with Gasteiger partial charge in [0, 0.05) is 23.3 Å². The lowest BCUT2D eigenvalue weighted by Crippen LogP contribution is -2.14. The molecule has 34 heavy (non-hydrogen) atoms.